The normalized spacial score (nSPS) is 24.1. The number of carbonyl (C=O) groups excluding carboxylic acids is 2. The fourth-order valence-corrected chi connectivity index (χ4v) is 8.39. The molecule has 2 aliphatic rings. The van der Waals surface area contributed by atoms with Crippen LogP contribution in [0, 0.1) is 22.7 Å². The summed E-state index contributed by atoms with van der Waals surface area (Å²) in [5.74, 6) is -0.172. The molecule has 3 unspecified atom stereocenters. The van der Waals surface area contributed by atoms with Crippen LogP contribution in [0.2, 0.25) is 0 Å². The van der Waals surface area contributed by atoms with E-state index in [-0.39, 0.29) is 33.9 Å². The summed E-state index contributed by atoms with van der Waals surface area (Å²) in [6.07, 6.45) is 1.86. The van der Waals surface area contributed by atoms with Crippen molar-refractivity contribution < 1.29 is 22.7 Å². The molecule has 2 aromatic rings. The molecule has 11 heteroatoms. The molecule has 1 amide bonds. The topological polar surface area (TPSA) is 127 Å². The monoisotopic (exact) mass is 520 g/mol. The zero-order valence-corrected chi connectivity index (χ0v) is 22.3. The molecule has 3 atom stereocenters. The second-order valence-electron chi connectivity index (χ2n) is 10.4. The van der Waals surface area contributed by atoms with Crippen molar-refractivity contribution in [2.45, 2.75) is 53.0 Å². The lowest BCUT2D eigenvalue weighted by Gasteiger charge is -2.36. The van der Waals surface area contributed by atoms with Crippen LogP contribution in [0.25, 0.3) is 10.6 Å². The highest BCUT2D eigenvalue weighted by atomic mass is 32.2. The lowest BCUT2D eigenvalue weighted by Crippen LogP contribution is -2.51. The number of amides is 1. The Bertz CT molecular complexity index is 1220. The van der Waals surface area contributed by atoms with Gasteiger partial charge in [-0.1, -0.05) is 39.0 Å². The van der Waals surface area contributed by atoms with Crippen molar-refractivity contribution in [2.75, 3.05) is 18.2 Å². The highest BCUT2D eigenvalue weighted by Crippen LogP contribution is 2.64. The summed E-state index contributed by atoms with van der Waals surface area (Å²) in [6.45, 7) is 7.52. The van der Waals surface area contributed by atoms with Crippen molar-refractivity contribution in [3.8, 4) is 16.3 Å². The van der Waals surface area contributed by atoms with Crippen LogP contribution in [0.5, 0.6) is 5.75 Å². The van der Waals surface area contributed by atoms with E-state index in [0.29, 0.717) is 23.6 Å². The van der Waals surface area contributed by atoms with Crippen LogP contribution in [-0.2, 0) is 19.6 Å². The predicted octanol–water partition coefficient (Wildman–Crippen LogP) is 3.49. The Kier molecular flexibility index (Phi) is 6.80. The third-order valence-corrected chi connectivity index (χ3v) is 10.2. The number of rotatable bonds is 9. The van der Waals surface area contributed by atoms with Gasteiger partial charge in [0.15, 0.2) is 0 Å². The van der Waals surface area contributed by atoms with Gasteiger partial charge in [0.1, 0.15) is 22.6 Å². The predicted molar refractivity (Wildman–Crippen MR) is 135 cm³/mol. The van der Waals surface area contributed by atoms with Gasteiger partial charge in [-0.15, -0.1) is 10.2 Å². The number of fused-ring (bicyclic) bond motifs is 2. The highest BCUT2D eigenvalue weighted by molar-refractivity contribution is 7.89. The Labute approximate surface area is 210 Å². The minimum absolute atomic E-state index is 0.0228. The Morgan fingerprint density at radius 2 is 1.91 bits per heavy atom. The maximum absolute atomic E-state index is 13.2. The lowest BCUT2D eigenvalue weighted by atomic mass is 9.70. The first-order valence-electron chi connectivity index (χ1n) is 11.7. The molecule has 0 aliphatic heterocycles. The number of anilines is 1. The number of hydrogen-bond donors (Lipinski definition) is 2. The molecule has 1 heterocycles. The third-order valence-electron chi connectivity index (χ3n) is 7.82. The van der Waals surface area contributed by atoms with E-state index in [1.165, 1.54) is 11.3 Å². The smallest absolute Gasteiger partial charge is 0.244 e. The van der Waals surface area contributed by atoms with Crippen molar-refractivity contribution in [1.82, 2.24) is 14.9 Å². The van der Waals surface area contributed by atoms with Crippen LogP contribution >= 0.6 is 11.3 Å². The summed E-state index contributed by atoms with van der Waals surface area (Å²) >= 11 is 1.19. The number of hydrogen-bond acceptors (Lipinski definition) is 8. The van der Waals surface area contributed by atoms with Crippen molar-refractivity contribution in [3.05, 3.63) is 24.3 Å². The van der Waals surface area contributed by atoms with Gasteiger partial charge in [0.2, 0.25) is 21.1 Å². The van der Waals surface area contributed by atoms with Gasteiger partial charge < -0.3 is 4.74 Å². The summed E-state index contributed by atoms with van der Waals surface area (Å²) in [6, 6.07) is 6.28. The maximum atomic E-state index is 13.2. The number of methoxy groups -OCH3 is 1. The third kappa shape index (κ3) is 4.73. The molecular formula is C24H32N4O5S2. The Hall–Kier alpha value is -2.37. The second kappa shape index (κ2) is 9.25. The SMILES string of the molecule is COc1ccc(-c2nnc(NC(=O)C(NS(=O)(=O)CC34CCC(CC3=O)C4(C)C)C(C)C)s2)cc1. The molecular weight excluding hydrogens is 488 g/mol. The molecule has 1 aromatic carbocycles. The number of carbonyl (C=O) groups is 2. The Morgan fingerprint density at radius 1 is 1.23 bits per heavy atom. The number of nitrogens with zero attached hydrogens (tertiary/aromatic N) is 2. The number of ether oxygens (including phenoxy) is 1. The van der Waals surface area contributed by atoms with Crippen LogP contribution in [0.4, 0.5) is 5.13 Å². The van der Waals surface area contributed by atoms with Crippen LogP contribution in [-0.4, -0.2) is 49.2 Å². The van der Waals surface area contributed by atoms with E-state index in [0.717, 1.165) is 12.0 Å². The summed E-state index contributed by atoms with van der Waals surface area (Å²) in [5, 5.41) is 11.7. The molecule has 1 aromatic heterocycles. The quantitative estimate of drug-likeness (QED) is 0.518. The lowest BCUT2D eigenvalue weighted by molar-refractivity contribution is -0.128. The zero-order valence-electron chi connectivity index (χ0n) is 20.6. The van der Waals surface area contributed by atoms with Crippen molar-refractivity contribution in [1.29, 1.82) is 0 Å². The maximum Gasteiger partial charge on any atom is 0.244 e. The average molecular weight is 521 g/mol. The van der Waals surface area contributed by atoms with Gasteiger partial charge in [-0.25, -0.2) is 13.1 Å². The minimum atomic E-state index is -3.91. The fourth-order valence-electron chi connectivity index (χ4n) is 5.47. The summed E-state index contributed by atoms with van der Waals surface area (Å²) in [7, 11) is -2.33. The number of aromatic nitrogens is 2. The van der Waals surface area contributed by atoms with E-state index in [2.05, 4.69) is 20.2 Å². The van der Waals surface area contributed by atoms with E-state index in [1.54, 1.807) is 33.1 Å². The van der Waals surface area contributed by atoms with Crippen LogP contribution in [0.3, 0.4) is 0 Å². The fraction of sp³-hybridized carbons (Fsp3) is 0.583. The molecule has 9 nitrogen and oxygen atoms in total. The number of nitrogens with one attached hydrogen (secondary N) is 2. The first kappa shape index (κ1) is 25.7. The van der Waals surface area contributed by atoms with E-state index >= 15 is 0 Å². The van der Waals surface area contributed by atoms with Crippen LogP contribution < -0.4 is 14.8 Å². The highest BCUT2D eigenvalue weighted by Gasteiger charge is 2.65. The van der Waals surface area contributed by atoms with Crippen LogP contribution in [0.1, 0.15) is 47.0 Å². The van der Waals surface area contributed by atoms with Gasteiger partial charge in [-0.3, -0.25) is 14.9 Å². The first-order chi connectivity index (χ1) is 16.4. The van der Waals surface area contributed by atoms with Crippen molar-refractivity contribution in [2.24, 2.45) is 22.7 Å². The van der Waals surface area contributed by atoms with Crippen molar-refractivity contribution in [3.63, 3.8) is 0 Å². The van der Waals surface area contributed by atoms with Gasteiger partial charge in [-0.05, 0) is 54.4 Å². The Balaban J connectivity index is 1.46. The van der Waals surface area contributed by atoms with E-state index in [4.69, 9.17) is 4.74 Å². The number of Topliss-reactive ketones (excluding diaryl/α,β-unsaturated/α-hetero) is 1. The zero-order chi connectivity index (χ0) is 25.6. The minimum Gasteiger partial charge on any atom is -0.497 e. The number of benzene rings is 1. The molecule has 2 saturated carbocycles. The van der Waals surface area contributed by atoms with E-state index < -0.39 is 27.4 Å². The Morgan fingerprint density at radius 3 is 2.46 bits per heavy atom. The van der Waals surface area contributed by atoms with Crippen molar-refractivity contribution >= 4 is 38.2 Å². The largest absolute Gasteiger partial charge is 0.497 e. The van der Waals surface area contributed by atoms with E-state index in [1.807, 2.05) is 26.0 Å². The summed E-state index contributed by atoms with van der Waals surface area (Å²) < 4.78 is 34.2. The molecule has 2 aliphatic carbocycles. The van der Waals surface area contributed by atoms with Gasteiger partial charge >= 0.3 is 0 Å². The second-order valence-corrected chi connectivity index (χ2v) is 13.1. The molecule has 0 spiro atoms. The number of ketones is 1. The first-order valence-corrected chi connectivity index (χ1v) is 14.2. The molecule has 35 heavy (non-hydrogen) atoms. The molecule has 2 fully saturated rings. The van der Waals surface area contributed by atoms with Gasteiger partial charge in [-0.2, -0.15) is 0 Å². The van der Waals surface area contributed by atoms with E-state index in [9.17, 15) is 18.0 Å². The van der Waals surface area contributed by atoms with Gasteiger partial charge in [0.25, 0.3) is 0 Å². The van der Waals surface area contributed by atoms with Gasteiger partial charge in [0.05, 0.1) is 12.9 Å². The molecule has 0 saturated heterocycles. The molecule has 4 rings (SSSR count). The number of sulfonamides is 1. The molecule has 0 radical (unpaired) electrons. The summed E-state index contributed by atoms with van der Waals surface area (Å²) in [4.78, 5) is 25.9. The standard InChI is InChI=1S/C24H32N4O5S2/c1-14(2)19(28-35(31,32)13-24-11-10-16(12-18(24)29)23(24,3)4)20(30)25-22-27-26-21(34-22)15-6-8-17(33-5)9-7-15/h6-9,14,16,19,28H,10-13H2,1-5H3,(H,25,27,30). The molecule has 2 N–H and O–H groups in total. The molecule has 190 valence electrons. The van der Waals surface area contributed by atoms with Gasteiger partial charge in [0, 0.05) is 17.4 Å². The van der Waals surface area contributed by atoms with Crippen LogP contribution in [0.15, 0.2) is 24.3 Å². The molecule has 2 bridgehead atoms. The average Bonchev–Trinajstić information content (AvgIpc) is 3.40. The summed E-state index contributed by atoms with van der Waals surface area (Å²) in [5.41, 5.74) is -0.449.